The van der Waals surface area contributed by atoms with Crippen molar-refractivity contribution >= 4 is 28.7 Å². The van der Waals surface area contributed by atoms with Gasteiger partial charge in [0.2, 0.25) is 0 Å². The number of rotatable bonds is 3. The van der Waals surface area contributed by atoms with Crippen LogP contribution in [0.2, 0.25) is 0 Å². The number of phenols is 1. The highest BCUT2D eigenvalue weighted by atomic mass is 32.1. The minimum Gasteiger partial charge on any atom is -0.508 e. The Labute approximate surface area is 175 Å². The van der Waals surface area contributed by atoms with E-state index in [1.807, 2.05) is 30.3 Å². The summed E-state index contributed by atoms with van der Waals surface area (Å²) in [4.78, 5) is 0. The highest BCUT2D eigenvalue weighted by Gasteiger charge is 2.40. The van der Waals surface area contributed by atoms with E-state index in [0.717, 1.165) is 48.4 Å². The quantitative estimate of drug-likeness (QED) is 0.507. The summed E-state index contributed by atoms with van der Waals surface area (Å²) in [6.07, 6.45) is 6.26. The maximum absolute atomic E-state index is 9.95. The lowest BCUT2D eigenvalue weighted by Gasteiger charge is -2.41. The molecule has 6 nitrogen and oxygen atoms in total. The molecule has 2 aromatic rings. The molecule has 152 valence electrons. The molecular formula is C22H25N3O3S. The predicted octanol–water partition coefficient (Wildman–Crippen LogP) is 4.58. The number of phenolic OH excluding ortho intramolecular Hbond substituents is 1. The van der Waals surface area contributed by atoms with E-state index >= 15 is 0 Å². The van der Waals surface area contributed by atoms with Crippen molar-refractivity contribution in [2.75, 3.05) is 12.4 Å². The number of hydrazone groups is 1. The minimum atomic E-state index is -0.222. The number of thiocarbonyl (C=S) groups is 1. The van der Waals surface area contributed by atoms with Gasteiger partial charge in [0, 0.05) is 12.0 Å². The summed E-state index contributed by atoms with van der Waals surface area (Å²) in [6.45, 7) is 0. The number of para-hydroxylation sites is 2. The van der Waals surface area contributed by atoms with Gasteiger partial charge in [-0.05, 0) is 68.2 Å². The Kier molecular flexibility index (Phi) is 5.58. The molecule has 4 rings (SSSR count). The van der Waals surface area contributed by atoms with E-state index < -0.39 is 0 Å². The second kappa shape index (κ2) is 8.29. The van der Waals surface area contributed by atoms with E-state index in [2.05, 4.69) is 15.8 Å². The number of nitrogens with one attached hydrogen (secondary N) is 2. The molecule has 29 heavy (non-hydrogen) atoms. The van der Waals surface area contributed by atoms with Crippen molar-refractivity contribution < 1.29 is 14.6 Å². The molecular weight excluding hydrogens is 386 g/mol. The third-order valence-corrected chi connectivity index (χ3v) is 5.70. The van der Waals surface area contributed by atoms with E-state index in [-0.39, 0.29) is 11.4 Å². The van der Waals surface area contributed by atoms with Crippen LogP contribution >= 0.6 is 12.2 Å². The molecule has 0 unspecified atom stereocenters. The smallest absolute Gasteiger partial charge is 0.191 e. The Morgan fingerprint density at radius 2 is 1.97 bits per heavy atom. The summed E-state index contributed by atoms with van der Waals surface area (Å²) in [5.41, 5.74) is 5.13. The van der Waals surface area contributed by atoms with Gasteiger partial charge in [0.05, 0.1) is 18.5 Å². The average Bonchev–Trinajstić information content (AvgIpc) is 2.73. The van der Waals surface area contributed by atoms with Gasteiger partial charge in [0.1, 0.15) is 22.8 Å². The number of hydrogen-bond donors (Lipinski definition) is 3. The number of fused-ring (bicyclic) bond motifs is 1. The summed E-state index contributed by atoms with van der Waals surface area (Å²) in [7, 11) is 1.62. The molecule has 1 aliphatic carbocycles. The number of methoxy groups -OCH3 is 1. The van der Waals surface area contributed by atoms with Crippen LogP contribution in [-0.2, 0) is 0 Å². The van der Waals surface area contributed by atoms with Gasteiger partial charge < -0.3 is 19.9 Å². The largest absolute Gasteiger partial charge is 0.508 e. The molecule has 7 heteroatoms. The van der Waals surface area contributed by atoms with Gasteiger partial charge in [-0.3, -0.25) is 5.43 Å². The zero-order chi connectivity index (χ0) is 20.3. The topological polar surface area (TPSA) is 75.1 Å². The Balaban J connectivity index is 1.56. The fourth-order valence-corrected chi connectivity index (χ4v) is 4.25. The molecule has 1 aliphatic heterocycles. The zero-order valence-corrected chi connectivity index (χ0v) is 17.2. The SMILES string of the molecule is COc1ccccc1NC(=S)NN=C1CC2(CCCCC2)Oc2ccc(O)cc21. The molecule has 0 amide bonds. The van der Waals surface area contributed by atoms with Gasteiger partial charge in [-0.25, -0.2) is 0 Å². The van der Waals surface area contributed by atoms with Crippen LogP contribution in [0.3, 0.4) is 0 Å². The van der Waals surface area contributed by atoms with Gasteiger partial charge >= 0.3 is 0 Å². The first-order valence-corrected chi connectivity index (χ1v) is 10.3. The first-order valence-electron chi connectivity index (χ1n) is 9.88. The number of ether oxygens (including phenoxy) is 2. The number of benzene rings is 2. The molecule has 0 saturated heterocycles. The second-order valence-electron chi connectivity index (χ2n) is 7.53. The molecule has 0 atom stereocenters. The van der Waals surface area contributed by atoms with E-state index in [0.29, 0.717) is 17.3 Å². The normalized spacial score (nSPS) is 18.6. The average molecular weight is 412 g/mol. The van der Waals surface area contributed by atoms with Crippen LogP contribution in [-0.4, -0.2) is 28.6 Å². The summed E-state index contributed by atoms with van der Waals surface area (Å²) < 4.78 is 11.7. The fraction of sp³-hybridized carbons (Fsp3) is 0.364. The number of aromatic hydroxyl groups is 1. The molecule has 1 saturated carbocycles. The molecule has 3 N–H and O–H groups in total. The Morgan fingerprint density at radius 3 is 2.76 bits per heavy atom. The van der Waals surface area contributed by atoms with Crippen molar-refractivity contribution in [1.82, 2.24) is 5.43 Å². The number of anilines is 1. The highest BCUT2D eigenvalue weighted by molar-refractivity contribution is 7.80. The van der Waals surface area contributed by atoms with Crippen LogP contribution in [0.1, 0.15) is 44.1 Å². The maximum Gasteiger partial charge on any atom is 0.191 e. The van der Waals surface area contributed by atoms with Crippen molar-refractivity contribution in [3.63, 3.8) is 0 Å². The van der Waals surface area contributed by atoms with Gasteiger partial charge in [0.25, 0.3) is 0 Å². The van der Waals surface area contributed by atoms with Gasteiger partial charge in [-0.2, -0.15) is 5.10 Å². The van der Waals surface area contributed by atoms with E-state index in [1.165, 1.54) is 6.42 Å². The zero-order valence-electron chi connectivity index (χ0n) is 16.4. The number of hydrogen-bond acceptors (Lipinski definition) is 5. The lowest BCUT2D eigenvalue weighted by molar-refractivity contribution is 0.0320. The first kappa shape index (κ1) is 19.5. The molecule has 2 aliphatic rings. The summed E-state index contributed by atoms with van der Waals surface area (Å²) in [6, 6.07) is 12.7. The summed E-state index contributed by atoms with van der Waals surface area (Å²) >= 11 is 5.42. The summed E-state index contributed by atoms with van der Waals surface area (Å²) in [5, 5.41) is 18.0. The maximum atomic E-state index is 9.95. The van der Waals surface area contributed by atoms with Crippen molar-refractivity contribution in [1.29, 1.82) is 0 Å². The standard InChI is InChI=1S/C22H25N3O3S/c1-27-20-8-4-3-7-17(20)23-21(29)25-24-18-14-22(11-5-2-6-12-22)28-19-10-9-15(26)13-16(18)19/h3-4,7-10,13,26H,2,5-6,11-12,14H2,1H3,(H2,23,25,29). The van der Waals surface area contributed by atoms with Crippen LogP contribution in [0.5, 0.6) is 17.2 Å². The minimum absolute atomic E-state index is 0.189. The monoisotopic (exact) mass is 411 g/mol. The Bertz CT molecular complexity index is 939. The Hall–Kier alpha value is -2.80. The van der Waals surface area contributed by atoms with E-state index in [9.17, 15) is 5.11 Å². The molecule has 0 radical (unpaired) electrons. The van der Waals surface area contributed by atoms with Gasteiger partial charge in [-0.1, -0.05) is 18.6 Å². The van der Waals surface area contributed by atoms with Crippen LogP contribution in [0.15, 0.2) is 47.6 Å². The first-order chi connectivity index (χ1) is 14.1. The van der Waals surface area contributed by atoms with E-state index in [4.69, 9.17) is 21.7 Å². The molecule has 1 spiro atoms. The van der Waals surface area contributed by atoms with Crippen molar-refractivity contribution in [3.8, 4) is 17.2 Å². The number of nitrogens with zero attached hydrogens (tertiary/aromatic N) is 1. The molecule has 0 aromatic heterocycles. The lowest BCUT2D eigenvalue weighted by atomic mass is 9.78. The van der Waals surface area contributed by atoms with Crippen molar-refractivity contribution in [2.24, 2.45) is 5.10 Å². The second-order valence-corrected chi connectivity index (χ2v) is 7.94. The third kappa shape index (κ3) is 4.29. The van der Waals surface area contributed by atoms with Crippen molar-refractivity contribution in [2.45, 2.75) is 44.1 Å². The molecule has 2 aromatic carbocycles. The van der Waals surface area contributed by atoms with Crippen LogP contribution in [0.4, 0.5) is 5.69 Å². The Morgan fingerprint density at radius 1 is 1.17 bits per heavy atom. The third-order valence-electron chi connectivity index (χ3n) is 5.50. The predicted molar refractivity (Wildman–Crippen MR) is 118 cm³/mol. The molecule has 1 fully saturated rings. The highest BCUT2D eigenvalue weighted by Crippen LogP contribution is 2.42. The van der Waals surface area contributed by atoms with Crippen LogP contribution in [0, 0.1) is 0 Å². The van der Waals surface area contributed by atoms with Crippen molar-refractivity contribution in [3.05, 3.63) is 48.0 Å². The fourth-order valence-electron chi connectivity index (χ4n) is 4.09. The van der Waals surface area contributed by atoms with Gasteiger partial charge in [0.15, 0.2) is 5.11 Å². The van der Waals surface area contributed by atoms with Gasteiger partial charge in [-0.15, -0.1) is 0 Å². The van der Waals surface area contributed by atoms with Crippen LogP contribution in [0.25, 0.3) is 0 Å². The van der Waals surface area contributed by atoms with Crippen LogP contribution < -0.4 is 20.2 Å². The molecule has 1 heterocycles. The van der Waals surface area contributed by atoms with E-state index in [1.54, 1.807) is 19.2 Å². The molecule has 0 bridgehead atoms. The lowest BCUT2D eigenvalue weighted by Crippen LogP contribution is -2.44. The summed E-state index contributed by atoms with van der Waals surface area (Å²) in [5.74, 6) is 1.65.